The average molecular weight is 504 g/mol. The molecule has 37 heavy (non-hydrogen) atoms. The Hall–Kier alpha value is -3.59. The first-order valence-electron chi connectivity index (χ1n) is 12.7. The monoisotopic (exact) mass is 503 g/mol. The second-order valence-electron chi connectivity index (χ2n) is 11.1. The van der Waals surface area contributed by atoms with E-state index in [2.05, 4.69) is 10.1 Å². The van der Waals surface area contributed by atoms with E-state index in [0.717, 1.165) is 28.5 Å². The minimum atomic E-state index is -1.20. The zero-order valence-corrected chi connectivity index (χ0v) is 21.2. The zero-order valence-electron chi connectivity index (χ0n) is 21.2. The molecule has 1 saturated heterocycles. The number of amides is 2. The van der Waals surface area contributed by atoms with E-state index < -0.39 is 17.0 Å². The van der Waals surface area contributed by atoms with Crippen molar-refractivity contribution in [1.82, 2.24) is 19.6 Å². The lowest BCUT2D eigenvalue weighted by molar-refractivity contribution is -0.141. The minimum Gasteiger partial charge on any atom is -0.380 e. The van der Waals surface area contributed by atoms with E-state index in [0.29, 0.717) is 38.3 Å². The predicted molar refractivity (Wildman–Crippen MR) is 137 cm³/mol. The van der Waals surface area contributed by atoms with Crippen molar-refractivity contribution < 1.29 is 19.1 Å². The van der Waals surface area contributed by atoms with E-state index in [1.807, 2.05) is 31.3 Å². The standard InChI is InChI=1S/C28H30FN5O3/c1-27(2)25(35)34(16-17-8-11-33(15-17)26(36)28(37)9-10-28)24(31-27)21-6-4-19(13-22(21)29)18-5-7-23-20(12-18)14-30-32(23)3/h4-7,12-14,17,37H,8-11,15-16H2,1-3H3. The molecule has 2 amide bonds. The van der Waals surface area contributed by atoms with Gasteiger partial charge >= 0.3 is 0 Å². The summed E-state index contributed by atoms with van der Waals surface area (Å²) in [5.74, 6) is -0.492. The SMILES string of the molecule is Cn1ncc2cc(-c3ccc(C4=NC(C)(C)C(=O)N4CC4CCN(C(=O)C5(O)CC5)C4)c(F)c3)ccc21. The number of aliphatic imine (C=N–C) groups is 1. The van der Waals surface area contributed by atoms with Gasteiger partial charge in [0.1, 0.15) is 22.8 Å². The van der Waals surface area contributed by atoms with Crippen LogP contribution in [0, 0.1) is 11.7 Å². The summed E-state index contributed by atoms with van der Waals surface area (Å²) in [4.78, 5) is 33.7. The highest BCUT2D eigenvalue weighted by Gasteiger charge is 2.51. The van der Waals surface area contributed by atoms with Gasteiger partial charge in [0.25, 0.3) is 11.8 Å². The normalized spacial score (nSPS) is 22.1. The summed E-state index contributed by atoms with van der Waals surface area (Å²) in [7, 11) is 1.88. The molecule has 3 heterocycles. The van der Waals surface area contributed by atoms with E-state index in [-0.39, 0.29) is 23.3 Å². The number of aromatic nitrogens is 2. The molecule has 0 bridgehead atoms. The van der Waals surface area contributed by atoms with Gasteiger partial charge in [-0.2, -0.15) is 5.10 Å². The van der Waals surface area contributed by atoms with Crippen LogP contribution in [-0.2, 0) is 16.6 Å². The van der Waals surface area contributed by atoms with Crippen molar-refractivity contribution in [1.29, 1.82) is 0 Å². The molecule has 3 aromatic rings. The summed E-state index contributed by atoms with van der Waals surface area (Å²) in [6.45, 7) is 4.84. The molecule has 9 heteroatoms. The lowest BCUT2D eigenvalue weighted by atomic mass is 10.0. The van der Waals surface area contributed by atoms with E-state index in [1.165, 1.54) is 6.07 Å². The van der Waals surface area contributed by atoms with Crippen molar-refractivity contribution in [3.05, 3.63) is 54.0 Å². The highest BCUT2D eigenvalue weighted by atomic mass is 19.1. The van der Waals surface area contributed by atoms with Crippen LogP contribution in [0.25, 0.3) is 22.0 Å². The van der Waals surface area contributed by atoms with Crippen LogP contribution in [0.15, 0.2) is 47.6 Å². The van der Waals surface area contributed by atoms with Crippen molar-refractivity contribution in [2.24, 2.45) is 18.0 Å². The summed E-state index contributed by atoms with van der Waals surface area (Å²) in [6.07, 6.45) is 3.52. The predicted octanol–water partition coefficient (Wildman–Crippen LogP) is 3.12. The van der Waals surface area contributed by atoms with Gasteiger partial charge in [-0.15, -0.1) is 0 Å². The molecule has 0 radical (unpaired) electrons. The second kappa shape index (κ2) is 8.21. The van der Waals surface area contributed by atoms with Crippen LogP contribution in [0.5, 0.6) is 0 Å². The smallest absolute Gasteiger partial charge is 0.255 e. The van der Waals surface area contributed by atoms with Gasteiger partial charge in [-0.1, -0.05) is 12.1 Å². The van der Waals surface area contributed by atoms with Gasteiger partial charge in [-0.05, 0) is 74.4 Å². The molecule has 192 valence electrons. The number of amidine groups is 1. The number of fused-ring (bicyclic) bond motifs is 1. The van der Waals surface area contributed by atoms with Crippen LogP contribution in [-0.4, -0.2) is 73.1 Å². The molecule has 1 unspecified atom stereocenters. The molecule has 2 aliphatic heterocycles. The number of aryl methyl sites for hydroxylation is 1. The van der Waals surface area contributed by atoms with Gasteiger partial charge in [0.05, 0.1) is 17.3 Å². The third kappa shape index (κ3) is 4.01. The summed E-state index contributed by atoms with van der Waals surface area (Å²) < 4.78 is 17.4. The summed E-state index contributed by atoms with van der Waals surface area (Å²) in [6, 6.07) is 10.9. The van der Waals surface area contributed by atoms with Crippen LogP contribution in [0.3, 0.4) is 0 Å². The molecular weight excluding hydrogens is 473 g/mol. The molecule has 2 fully saturated rings. The third-order valence-electron chi connectivity index (χ3n) is 7.83. The van der Waals surface area contributed by atoms with Crippen molar-refractivity contribution in [3.63, 3.8) is 0 Å². The number of rotatable bonds is 5. The number of nitrogens with zero attached hydrogens (tertiary/aromatic N) is 5. The van der Waals surface area contributed by atoms with Crippen molar-refractivity contribution in [2.75, 3.05) is 19.6 Å². The first-order chi connectivity index (χ1) is 17.6. The fourth-order valence-corrected chi connectivity index (χ4v) is 5.44. The van der Waals surface area contributed by atoms with Crippen LogP contribution in [0.4, 0.5) is 4.39 Å². The molecule has 1 atom stereocenters. The lowest BCUT2D eigenvalue weighted by Gasteiger charge is -2.25. The highest BCUT2D eigenvalue weighted by molar-refractivity contribution is 6.15. The summed E-state index contributed by atoms with van der Waals surface area (Å²) in [5.41, 5.74) is 0.688. The Labute approximate surface area is 214 Å². The first-order valence-corrected chi connectivity index (χ1v) is 12.7. The number of carbonyl (C=O) groups is 2. The Kier molecular flexibility index (Phi) is 5.28. The van der Waals surface area contributed by atoms with Gasteiger partial charge < -0.3 is 10.0 Å². The highest BCUT2D eigenvalue weighted by Crippen LogP contribution is 2.38. The largest absolute Gasteiger partial charge is 0.380 e. The fraction of sp³-hybridized carbons (Fsp3) is 0.429. The maximum absolute atomic E-state index is 15.6. The Bertz CT molecular complexity index is 1470. The second-order valence-corrected chi connectivity index (χ2v) is 11.1. The van der Waals surface area contributed by atoms with Crippen molar-refractivity contribution >= 4 is 28.6 Å². The number of likely N-dealkylation sites (tertiary alicyclic amines) is 1. The molecule has 3 aliphatic rings. The lowest BCUT2D eigenvalue weighted by Crippen LogP contribution is -2.43. The number of carbonyl (C=O) groups excluding carboxylic acids is 2. The number of benzene rings is 2. The van der Waals surface area contributed by atoms with Crippen LogP contribution < -0.4 is 0 Å². The molecule has 1 aliphatic carbocycles. The fourth-order valence-electron chi connectivity index (χ4n) is 5.44. The molecule has 1 aromatic heterocycles. The number of hydrogen-bond donors (Lipinski definition) is 1. The van der Waals surface area contributed by atoms with Gasteiger partial charge in [0.15, 0.2) is 0 Å². The summed E-state index contributed by atoms with van der Waals surface area (Å²) >= 11 is 0. The molecule has 6 rings (SSSR count). The van der Waals surface area contributed by atoms with E-state index in [4.69, 9.17) is 0 Å². The Balaban J connectivity index is 1.25. The molecule has 2 aromatic carbocycles. The molecule has 1 saturated carbocycles. The number of halogens is 1. The Morgan fingerprint density at radius 3 is 2.62 bits per heavy atom. The maximum atomic E-state index is 15.6. The average Bonchev–Trinajstić information content (AvgIpc) is 3.19. The Morgan fingerprint density at radius 1 is 1.16 bits per heavy atom. The molecule has 0 spiro atoms. The summed E-state index contributed by atoms with van der Waals surface area (Å²) in [5, 5.41) is 15.4. The van der Waals surface area contributed by atoms with Gasteiger partial charge in [0.2, 0.25) is 0 Å². The molecule has 8 nitrogen and oxygen atoms in total. The third-order valence-corrected chi connectivity index (χ3v) is 7.83. The zero-order chi connectivity index (χ0) is 26.1. The number of hydrogen-bond acceptors (Lipinski definition) is 5. The van der Waals surface area contributed by atoms with Gasteiger partial charge in [-0.25, -0.2) is 4.39 Å². The minimum absolute atomic E-state index is 0.0305. The number of aliphatic hydroxyl groups is 1. The van der Waals surface area contributed by atoms with Gasteiger partial charge in [-0.3, -0.25) is 24.2 Å². The Morgan fingerprint density at radius 2 is 1.89 bits per heavy atom. The van der Waals surface area contributed by atoms with E-state index in [1.54, 1.807) is 40.6 Å². The topological polar surface area (TPSA) is 91.0 Å². The first kappa shape index (κ1) is 23.8. The van der Waals surface area contributed by atoms with Crippen molar-refractivity contribution in [2.45, 2.75) is 44.2 Å². The van der Waals surface area contributed by atoms with Crippen molar-refractivity contribution in [3.8, 4) is 11.1 Å². The quantitative estimate of drug-likeness (QED) is 0.579. The van der Waals surface area contributed by atoms with Crippen LogP contribution >= 0.6 is 0 Å². The van der Waals surface area contributed by atoms with Gasteiger partial charge in [0, 0.05) is 32.1 Å². The van der Waals surface area contributed by atoms with E-state index in [9.17, 15) is 14.7 Å². The molecular formula is C28H30FN5O3. The van der Waals surface area contributed by atoms with Crippen LogP contribution in [0.2, 0.25) is 0 Å². The van der Waals surface area contributed by atoms with Crippen LogP contribution in [0.1, 0.15) is 38.7 Å². The van der Waals surface area contributed by atoms with E-state index >= 15 is 4.39 Å². The molecule has 1 N–H and O–H groups in total. The maximum Gasteiger partial charge on any atom is 0.255 e.